The van der Waals surface area contributed by atoms with Crippen molar-refractivity contribution in [2.75, 3.05) is 4.90 Å². The van der Waals surface area contributed by atoms with Crippen molar-refractivity contribution in [1.29, 1.82) is 0 Å². The van der Waals surface area contributed by atoms with Gasteiger partial charge in [-0.3, -0.25) is 4.79 Å². The van der Waals surface area contributed by atoms with E-state index in [1.165, 1.54) is 13.8 Å². The smallest absolute Gasteiger partial charge is 0.323 e. The summed E-state index contributed by atoms with van der Waals surface area (Å²) in [4.78, 5) is 24.1. The van der Waals surface area contributed by atoms with E-state index < -0.39 is 29.1 Å². The van der Waals surface area contributed by atoms with Gasteiger partial charge >= 0.3 is 6.03 Å². The van der Waals surface area contributed by atoms with Gasteiger partial charge in [-0.2, -0.15) is 0 Å². The van der Waals surface area contributed by atoms with E-state index in [0.29, 0.717) is 11.0 Å². The third-order valence-corrected chi connectivity index (χ3v) is 2.51. The van der Waals surface area contributed by atoms with Crippen LogP contribution in [-0.4, -0.2) is 17.5 Å². The third-order valence-electron chi connectivity index (χ3n) is 2.51. The molecule has 1 aliphatic heterocycles. The summed E-state index contributed by atoms with van der Waals surface area (Å²) in [6, 6.07) is 1.96. The van der Waals surface area contributed by atoms with Crippen LogP contribution in [-0.2, 0) is 4.79 Å². The van der Waals surface area contributed by atoms with E-state index in [-0.39, 0.29) is 5.69 Å². The summed E-state index contributed by atoms with van der Waals surface area (Å²) >= 11 is 0. The van der Waals surface area contributed by atoms with Gasteiger partial charge in [0.1, 0.15) is 17.2 Å². The second kappa shape index (κ2) is 3.51. The molecule has 17 heavy (non-hydrogen) atoms. The van der Waals surface area contributed by atoms with E-state index in [0.717, 1.165) is 12.1 Å². The molecule has 3 amide bonds. The molecule has 0 bridgehead atoms. The van der Waals surface area contributed by atoms with Gasteiger partial charge < -0.3 is 5.32 Å². The number of anilines is 1. The fraction of sp³-hybridized carbons (Fsp3) is 0.273. The highest BCUT2D eigenvalue weighted by Crippen LogP contribution is 2.27. The Bertz CT molecular complexity index is 514. The number of nitrogens with one attached hydrogen (secondary N) is 1. The first-order valence-electron chi connectivity index (χ1n) is 4.95. The number of halogens is 2. The number of rotatable bonds is 1. The topological polar surface area (TPSA) is 49.4 Å². The summed E-state index contributed by atoms with van der Waals surface area (Å²) in [5.41, 5.74) is -1.34. The molecule has 4 nitrogen and oxygen atoms in total. The Kier molecular flexibility index (Phi) is 2.38. The number of hydrogen-bond acceptors (Lipinski definition) is 2. The summed E-state index contributed by atoms with van der Waals surface area (Å²) in [5.74, 6) is -2.29. The van der Waals surface area contributed by atoms with Crippen molar-refractivity contribution in [2.24, 2.45) is 0 Å². The first-order valence-corrected chi connectivity index (χ1v) is 4.95. The van der Waals surface area contributed by atoms with E-state index in [1.54, 1.807) is 0 Å². The standard InChI is InChI=1S/C11H10F2N2O2/c1-11(2)9(16)15(10(17)14-11)8-4-3-6(12)5-7(8)13/h3-5H,1-2H3,(H,14,17). The average Bonchev–Trinajstić information content (AvgIpc) is 2.39. The molecule has 0 unspecified atom stereocenters. The molecule has 0 atom stereocenters. The highest BCUT2D eigenvalue weighted by atomic mass is 19.1. The van der Waals surface area contributed by atoms with E-state index in [1.807, 2.05) is 0 Å². The SMILES string of the molecule is CC1(C)NC(=O)N(c2ccc(F)cc2F)C1=O. The average molecular weight is 240 g/mol. The van der Waals surface area contributed by atoms with Gasteiger partial charge in [0, 0.05) is 6.07 Å². The van der Waals surface area contributed by atoms with Crippen LogP contribution in [0.2, 0.25) is 0 Å². The molecule has 0 saturated carbocycles. The van der Waals surface area contributed by atoms with Gasteiger partial charge in [-0.1, -0.05) is 0 Å². The predicted octanol–water partition coefficient (Wildman–Crippen LogP) is 1.80. The van der Waals surface area contributed by atoms with Crippen LogP contribution in [0.15, 0.2) is 18.2 Å². The first-order chi connectivity index (χ1) is 7.83. The highest BCUT2D eigenvalue weighted by Gasteiger charge is 2.45. The van der Waals surface area contributed by atoms with E-state index in [4.69, 9.17) is 0 Å². The van der Waals surface area contributed by atoms with Crippen LogP contribution >= 0.6 is 0 Å². The van der Waals surface area contributed by atoms with Crippen LogP contribution in [0.5, 0.6) is 0 Å². The highest BCUT2D eigenvalue weighted by molar-refractivity contribution is 6.23. The Morgan fingerprint density at radius 2 is 1.88 bits per heavy atom. The predicted molar refractivity (Wildman–Crippen MR) is 56.5 cm³/mol. The summed E-state index contributed by atoms with van der Waals surface area (Å²) in [6.07, 6.45) is 0. The van der Waals surface area contributed by atoms with Crippen molar-refractivity contribution in [3.63, 3.8) is 0 Å². The number of benzene rings is 1. The van der Waals surface area contributed by atoms with Crippen molar-refractivity contribution in [2.45, 2.75) is 19.4 Å². The maximum atomic E-state index is 13.5. The summed E-state index contributed by atoms with van der Waals surface area (Å²) in [7, 11) is 0. The van der Waals surface area contributed by atoms with Crippen molar-refractivity contribution >= 4 is 17.6 Å². The number of carbonyl (C=O) groups excluding carboxylic acids is 2. The van der Waals surface area contributed by atoms with Crippen LogP contribution in [0.3, 0.4) is 0 Å². The first kappa shape index (κ1) is 11.5. The third kappa shape index (κ3) is 1.75. The van der Waals surface area contributed by atoms with Crippen molar-refractivity contribution in [3.8, 4) is 0 Å². The van der Waals surface area contributed by atoms with Gasteiger partial charge in [0.05, 0.1) is 5.69 Å². The normalized spacial score (nSPS) is 18.5. The lowest BCUT2D eigenvalue weighted by Crippen LogP contribution is -2.40. The van der Waals surface area contributed by atoms with Gasteiger partial charge in [-0.25, -0.2) is 18.5 Å². The molecule has 0 spiro atoms. The van der Waals surface area contributed by atoms with E-state index in [2.05, 4.69) is 5.32 Å². The van der Waals surface area contributed by atoms with Gasteiger partial charge in [0.2, 0.25) is 0 Å². The molecule has 1 fully saturated rings. The van der Waals surface area contributed by atoms with Crippen molar-refractivity contribution in [3.05, 3.63) is 29.8 Å². The molecule has 1 aliphatic rings. The zero-order valence-electron chi connectivity index (χ0n) is 9.25. The number of imide groups is 1. The van der Waals surface area contributed by atoms with E-state index in [9.17, 15) is 18.4 Å². The molecule has 1 aromatic rings. The molecule has 0 aromatic heterocycles. The Morgan fingerprint density at radius 1 is 1.24 bits per heavy atom. The molecule has 1 aromatic carbocycles. The quantitative estimate of drug-likeness (QED) is 0.761. The van der Waals surface area contributed by atoms with Crippen LogP contribution in [0, 0.1) is 11.6 Å². The Balaban J connectivity index is 2.48. The zero-order chi connectivity index (χ0) is 12.8. The summed E-state index contributed by atoms with van der Waals surface area (Å²) < 4.78 is 26.2. The van der Waals surface area contributed by atoms with Gasteiger partial charge in [0.15, 0.2) is 0 Å². The molecule has 90 valence electrons. The number of amides is 3. The Morgan fingerprint density at radius 3 is 2.35 bits per heavy atom. The molecule has 1 saturated heterocycles. The fourth-order valence-corrected chi connectivity index (χ4v) is 1.63. The minimum atomic E-state index is -1.09. The molecule has 2 rings (SSSR count). The van der Waals surface area contributed by atoms with Crippen LogP contribution in [0.4, 0.5) is 19.3 Å². The number of carbonyl (C=O) groups is 2. The van der Waals surface area contributed by atoms with Gasteiger partial charge in [0.25, 0.3) is 5.91 Å². The van der Waals surface area contributed by atoms with Gasteiger partial charge in [-0.15, -0.1) is 0 Å². The summed E-state index contributed by atoms with van der Waals surface area (Å²) in [6.45, 7) is 3.02. The molecule has 0 aliphatic carbocycles. The lowest BCUT2D eigenvalue weighted by molar-refractivity contribution is -0.121. The maximum absolute atomic E-state index is 13.5. The maximum Gasteiger partial charge on any atom is 0.329 e. The molecular weight excluding hydrogens is 230 g/mol. The Hall–Kier alpha value is -1.98. The molecule has 6 heteroatoms. The molecule has 0 radical (unpaired) electrons. The number of urea groups is 1. The monoisotopic (exact) mass is 240 g/mol. The second-order valence-corrected chi connectivity index (χ2v) is 4.29. The lowest BCUT2D eigenvalue weighted by Gasteiger charge is -2.16. The van der Waals surface area contributed by atoms with Gasteiger partial charge in [-0.05, 0) is 26.0 Å². The minimum absolute atomic E-state index is 0.250. The Labute approximate surface area is 96.2 Å². The molecule has 1 N–H and O–H groups in total. The van der Waals surface area contributed by atoms with Crippen LogP contribution < -0.4 is 10.2 Å². The second-order valence-electron chi connectivity index (χ2n) is 4.29. The lowest BCUT2D eigenvalue weighted by atomic mass is 10.1. The van der Waals surface area contributed by atoms with Crippen molar-refractivity contribution in [1.82, 2.24) is 5.32 Å². The molecular formula is C11H10F2N2O2. The minimum Gasteiger partial charge on any atom is -0.323 e. The van der Waals surface area contributed by atoms with E-state index >= 15 is 0 Å². The molecule has 1 heterocycles. The number of hydrogen-bond donors (Lipinski definition) is 1. The summed E-state index contributed by atoms with van der Waals surface area (Å²) in [5, 5.41) is 2.41. The largest absolute Gasteiger partial charge is 0.329 e. The zero-order valence-corrected chi connectivity index (χ0v) is 9.25. The van der Waals surface area contributed by atoms with Crippen molar-refractivity contribution < 1.29 is 18.4 Å². The fourth-order valence-electron chi connectivity index (χ4n) is 1.63. The number of nitrogens with zero attached hydrogens (tertiary/aromatic N) is 1. The van der Waals surface area contributed by atoms with Crippen LogP contribution in [0.25, 0.3) is 0 Å². The van der Waals surface area contributed by atoms with Crippen LogP contribution in [0.1, 0.15) is 13.8 Å².